The molecule has 2 unspecified atom stereocenters. The number of hydrogen-bond acceptors (Lipinski definition) is 3. The van der Waals surface area contributed by atoms with E-state index in [1.807, 2.05) is 0 Å². The minimum Gasteiger partial charge on any atom is -0.400 e. The maximum absolute atomic E-state index is 3.04. The van der Waals surface area contributed by atoms with E-state index in [-0.39, 0.29) is 39.5 Å². The molecular formula is C73H76BN3. The quantitative estimate of drug-likeness (QED) is 0.159. The largest absolute Gasteiger partial charge is 0.400 e. The van der Waals surface area contributed by atoms with Crippen LogP contribution in [0.15, 0.2) is 158 Å². The van der Waals surface area contributed by atoms with Gasteiger partial charge in [-0.15, -0.1) is 0 Å². The molecule has 0 amide bonds. The van der Waals surface area contributed by atoms with E-state index in [0.29, 0.717) is 0 Å². The molecule has 386 valence electrons. The zero-order valence-corrected chi connectivity index (χ0v) is 47.9. The van der Waals surface area contributed by atoms with Crippen LogP contribution in [-0.2, 0) is 33.5 Å². The summed E-state index contributed by atoms with van der Waals surface area (Å²) in [6.45, 7) is 29.6. The summed E-state index contributed by atoms with van der Waals surface area (Å²) >= 11 is 0. The van der Waals surface area contributed by atoms with Crippen LogP contribution >= 0.6 is 0 Å². The minimum absolute atomic E-state index is 0.00651. The van der Waals surface area contributed by atoms with Gasteiger partial charge in [-0.3, -0.25) is 0 Å². The lowest BCUT2D eigenvalue weighted by atomic mass is 9.42. The van der Waals surface area contributed by atoms with Crippen molar-refractivity contribution < 1.29 is 0 Å². The van der Waals surface area contributed by atoms with E-state index in [2.05, 4.69) is 255 Å². The first-order valence-corrected chi connectivity index (χ1v) is 29.1. The van der Waals surface area contributed by atoms with Crippen molar-refractivity contribution in [2.24, 2.45) is 0 Å². The minimum atomic E-state index is -0.113. The fourth-order valence-electron chi connectivity index (χ4n) is 15.6. The molecule has 3 aliphatic heterocycles. The molecule has 3 heterocycles. The summed E-state index contributed by atoms with van der Waals surface area (Å²) in [6.07, 6.45) is 8.15. The first-order valence-electron chi connectivity index (χ1n) is 29.1. The van der Waals surface area contributed by atoms with Crippen LogP contribution in [0.3, 0.4) is 0 Å². The number of nitrogens with zero attached hydrogens (tertiary/aromatic N) is 3. The molecule has 6 aliphatic rings. The Kier molecular flexibility index (Phi) is 10.3. The number of benzene rings is 8. The van der Waals surface area contributed by atoms with Crippen LogP contribution in [0.1, 0.15) is 161 Å². The normalized spacial score (nSPS) is 20.9. The molecule has 3 nitrogen and oxygen atoms in total. The molecule has 1 saturated carbocycles. The van der Waals surface area contributed by atoms with Crippen molar-refractivity contribution in [3.8, 4) is 33.4 Å². The average molecular weight is 1010 g/mol. The summed E-state index contributed by atoms with van der Waals surface area (Å²) in [4.78, 5) is 8.35. The lowest BCUT2D eigenvalue weighted by Gasteiger charge is -2.55. The number of anilines is 7. The summed E-state index contributed by atoms with van der Waals surface area (Å²) in [6, 6.07) is 61.9. The van der Waals surface area contributed by atoms with E-state index in [1.165, 1.54) is 133 Å². The monoisotopic (exact) mass is 1010 g/mol. The molecule has 4 heteroatoms. The second-order valence-corrected chi connectivity index (χ2v) is 27.9. The van der Waals surface area contributed by atoms with Crippen LogP contribution in [-0.4, -0.2) is 12.4 Å². The van der Waals surface area contributed by atoms with E-state index < -0.39 is 0 Å². The van der Waals surface area contributed by atoms with Crippen molar-refractivity contribution in [2.75, 3.05) is 14.6 Å². The molecule has 77 heavy (non-hydrogen) atoms. The average Bonchev–Trinajstić information content (AvgIpc) is 3.29. The first kappa shape index (κ1) is 48.6. The Morgan fingerprint density at radius 3 is 1.73 bits per heavy atom. The van der Waals surface area contributed by atoms with Crippen LogP contribution in [0.2, 0.25) is 0 Å². The highest BCUT2D eigenvalue weighted by molar-refractivity contribution is 6.93. The maximum atomic E-state index is 3.04. The summed E-state index contributed by atoms with van der Waals surface area (Å²) in [5.74, 6) is 0. The molecule has 0 spiro atoms. The summed E-state index contributed by atoms with van der Waals surface area (Å²) < 4.78 is 0. The molecule has 3 aliphatic carbocycles. The predicted octanol–water partition coefficient (Wildman–Crippen LogP) is 18.3. The molecule has 2 atom stereocenters. The van der Waals surface area contributed by atoms with Crippen LogP contribution in [0.5, 0.6) is 0 Å². The van der Waals surface area contributed by atoms with Gasteiger partial charge in [0.15, 0.2) is 0 Å². The van der Waals surface area contributed by atoms with Crippen molar-refractivity contribution in [3.05, 3.63) is 197 Å². The van der Waals surface area contributed by atoms with Crippen molar-refractivity contribution >= 4 is 57.6 Å². The Morgan fingerprint density at radius 1 is 0.468 bits per heavy atom. The highest BCUT2D eigenvalue weighted by Gasteiger charge is 2.63. The molecule has 14 rings (SSSR count). The number of para-hydroxylation sites is 2. The zero-order chi connectivity index (χ0) is 53.3. The van der Waals surface area contributed by atoms with Gasteiger partial charge in [0.05, 0.1) is 5.69 Å². The molecule has 0 radical (unpaired) electrons. The molecule has 1 fully saturated rings. The van der Waals surface area contributed by atoms with E-state index in [4.69, 9.17) is 0 Å². The standard InChI is InChI=1S/C73H76BN3/c1-68(2,3)48-30-33-63(55(40-48)46-24-16-13-17-25-46)76-64-44-52(75(50-26-18-14-19-27-50)51-28-20-15-21-29-51)43-56-58-41-49(69(4,5)6)42-61-66(58)77(73(12)35-23-22-34-72(61,73)11)74(65(56)64)62-32-31-53-54-45-60-59(39-47(54)38-57(53)67(62)76)70(7,8)36-37-71(60,9)10/h13-21,24-33,39-45H,22-23,34-38H2,1-12H3. The van der Waals surface area contributed by atoms with Gasteiger partial charge in [0.25, 0.3) is 0 Å². The molecule has 8 aromatic rings. The summed E-state index contributed by atoms with van der Waals surface area (Å²) in [5.41, 5.74) is 30.0. The van der Waals surface area contributed by atoms with Gasteiger partial charge >= 0.3 is 6.85 Å². The number of hydrogen-bond donors (Lipinski definition) is 0. The van der Waals surface area contributed by atoms with Crippen molar-refractivity contribution in [1.82, 2.24) is 0 Å². The molecule has 0 saturated heterocycles. The highest BCUT2D eigenvalue weighted by Crippen LogP contribution is 2.65. The van der Waals surface area contributed by atoms with Gasteiger partial charge in [0.2, 0.25) is 0 Å². The second kappa shape index (κ2) is 16.4. The van der Waals surface area contributed by atoms with Crippen LogP contribution in [0.25, 0.3) is 33.4 Å². The number of fused-ring (bicyclic) bond motifs is 12. The SMILES string of the molecule is CC(C)(C)c1ccc(N2c3cc(N(c4ccccc4)c4ccccc4)cc4c3B(c3ccc5c(c32)Cc2cc3c(cc2-5)C(C)(C)CCC3(C)C)N2c3c-4cc(C(C)(C)C)cc3C3(C)CCCCC23C)c(-c2ccccc2)c1. The highest BCUT2D eigenvalue weighted by atomic mass is 15.2. The Hall–Kier alpha value is -6.78. The lowest BCUT2D eigenvalue weighted by molar-refractivity contribution is 0.199. The van der Waals surface area contributed by atoms with Crippen LogP contribution in [0.4, 0.5) is 39.8 Å². The maximum Gasteiger partial charge on any atom is 0.328 e. The molecule has 0 bridgehead atoms. The van der Waals surface area contributed by atoms with Crippen molar-refractivity contribution in [2.45, 2.75) is 161 Å². The molecular weight excluding hydrogens is 930 g/mol. The Morgan fingerprint density at radius 2 is 1.08 bits per heavy atom. The second-order valence-electron chi connectivity index (χ2n) is 27.9. The first-order chi connectivity index (χ1) is 36.7. The van der Waals surface area contributed by atoms with Gasteiger partial charge in [-0.1, -0.05) is 192 Å². The van der Waals surface area contributed by atoms with Gasteiger partial charge in [0, 0.05) is 62.6 Å². The third-order valence-corrected chi connectivity index (χ3v) is 20.4. The Bertz CT molecular complexity index is 3700. The zero-order valence-electron chi connectivity index (χ0n) is 47.9. The Balaban J connectivity index is 1.15. The molecule has 0 aromatic heterocycles. The smallest absolute Gasteiger partial charge is 0.328 e. The van der Waals surface area contributed by atoms with Gasteiger partial charge in [-0.05, 0) is 181 Å². The number of rotatable bonds is 5. The fourth-order valence-corrected chi connectivity index (χ4v) is 15.6. The van der Waals surface area contributed by atoms with Crippen molar-refractivity contribution in [3.63, 3.8) is 0 Å². The van der Waals surface area contributed by atoms with Gasteiger partial charge in [-0.25, -0.2) is 0 Å². The van der Waals surface area contributed by atoms with Gasteiger partial charge < -0.3 is 14.6 Å². The lowest BCUT2D eigenvalue weighted by Crippen LogP contribution is -2.70. The van der Waals surface area contributed by atoms with Crippen LogP contribution in [0, 0.1) is 0 Å². The topological polar surface area (TPSA) is 9.72 Å². The summed E-state index contributed by atoms with van der Waals surface area (Å²) in [7, 11) is 0. The predicted molar refractivity (Wildman–Crippen MR) is 329 cm³/mol. The van der Waals surface area contributed by atoms with Gasteiger partial charge in [0.1, 0.15) is 0 Å². The molecule has 0 N–H and O–H groups in total. The summed E-state index contributed by atoms with van der Waals surface area (Å²) in [5, 5.41) is 0. The third kappa shape index (κ3) is 6.95. The van der Waals surface area contributed by atoms with Gasteiger partial charge in [-0.2, -0.15) is 0 Å². The molecule has 8 aromatic carbocycles. The van der Waals surface area contributed by atoms with Crippen LogP contribution < -0.4 is 25.5 Å². The van der Waals surface area contributed by atoms with E-state index in [9.17, 15) is 0 Å². The van der Waals surface area contributed by atoms with E-state index in [1.54, 1.807) is 11.1 Å². The Labute approximate surface area is 460 Å². The third-order valence-electron chi connectivity index (χ3n) is 20.4. The van der Waals surface area contributed by atoms with E-state index in [0.717, 1.165) is 24.2 Å². The van der Waals surface area contributed by atoms with Crippen molar-refractivity contribution in [1.29, 1.82) is 0 Å². The fraction of sp³-hybridized carbons (Fsp3) is 0.342. The van der Waals surface area contributed by atoms with E-state index >= 15 is 0 Å².